The Morgan fingerprint density at radius 3 is 2.30 bits per heavy atom. The van der Waals surface area contributed by atoms with Crippen molar-refractivity contribution < 1.29 is 8.42 Å². The maximum absolute atomic E-state index is 12.4. The summed E-state index contributed by atoms with van der Waals surface area (Å²) in [5.41, 5.74) is 3.32. The van der Waals surface area contributed by atoms with Crippen LogP contribution in [0.2, 0.25) is 0 Å². The van der Waals surface area contributed by atoms with Crippen molar-refractivity contribution in [3.8, 4) is 0 Å². The number of aryl methyl sites for hydroxylation is 2. The Hall–Kier alpha value is -2.01. The lowest BCUT2D eigenvalue weighted by atomic mass is 10.1. The number of hydrogen-bond acceptors (Lipinski definition) is 3. The van der Waals surface area contributed by atoms with Crippen molar-refractivity contribution in [2.75, 3.05) is 17.1 Å². The molecular weight excluding hydrogens is 272 g/mol. The molecule has 0 radical (unpaired) electrons. The van der Waals surface area contributed by atoms with Crippen LogP contribution in [0.3, 0.4) is 0 Å². The van der Waals surface area contributed by atoms with Gasteiger partial charge in [0.05, 0.1) is 5.69 Å². The zero-order valence-electron chi connectivity index (χ0n) is 11.8. The molecule has 0 atom stereocenters. The molecule has 4 nitrogen and oxygen atoms in total. The summed E-state index contributed by atoms with van der Waals surface area (Å²) in [7, 11) is -1.90. The Morgan fingerprint density at radius 1 is 0.950 bits per heavy atom. The quantitative estimate of drug-likeness (QED) is 0.909. The van der Waals surface area contributed by atoms with Crippen molar-refractivity contribution in [3.63, 3.8) is 0 Å². The van der Waals surface area contributed by atoms with Crippen LogP contribution in [0.4, 0.5) is 11.4 Å². The largest absolute Gasteiger partial charge is 0.387 e. The molecule has 0 unspecified atom stereocenters. The van der Waals surface area contributed by atoms with Crippen LogP contribution in [0.15, 0.2) is 47.4 Å². The van der Waals surface area contributed by atoms with E-state index in [1.807, 2.05) is 26.0 Å². The molecule has 0 amide bonds. The van der Waals surface area contributed by atoms with Gasteiger partial charge in [0.1, 0.15) is 4.90 Å². The van der Waals surface area contributed by atoms with Crippen molar-refractivity contribution >= 4 is 21.4 Å². The molecule has 0 heterocycles. The molecule has 0 fully saturated rings. The fourth-order valence-corrected chi connectivity index (χ4v) is 3.19. The molecule has 0 aliphatic heterocycles. The van der Waals surface area contributed by atoms with Crippen LogP contribution < -0.4 is 10.0 Å². The van der Waals surface area contributed by atoms with Gasteiger partial charge in [0, 0.05) is 12.7 Å². The molecule has 0 aliphatic rings. The second-order valence-corrected chi connectivity index (χ2v) is 6.30. The third-order valence-corrected chi connectivity index (χ3v) is 4.64. The molecule has 0 aromatic heterocycles. The Morgan fingerprint density at radius 2 is 1.65 bits per heavy atom. The maximum Gasteiger partial charge on any atom is 0.263 e. The van der Waals surface area contributed by atoms with Gasteiger partial charge in [-0.3, -0.25) is 4.72 Å². The van der Waals surface area contributed by atoms with E-state index in [-0.39, 0.29) is 4.90 Å². The first-order valence-electron chi connectivity index (χ1n) is 6.31. The minimum atomic E-state index is -3.60. The number of nitrogens with one attached hydrogen (secondary N) is 2. The predicted molar refractivity (Wildman–Crippen MR) is 82.7 cm³/mol. The average Bonchev–Trinajstić information content (AvgIpc) is 2.42. The van der Waals surface area contributed by atoms with E-state index in [9.17, 15) is 8.42 Å². The topological polar surface area (TPSA) is 58.2 Å². The molecule has 2 rings (SSSR count). The van der Waals surface area contributed by atoms with Crippen molar-refractivity contribution in [1.29, 1.82) is 0 Å². The van der Waals surface area contributed by atoms with Gasteiger partial charge in [-0.15, -0.1) is 0 Å². The van der Waals surface area contributed by atoms with Gasteiger partial charge < -0.3 is 5.32 Å². The summed E-state index contributed by atoms with van der Waals surface area (Å²) >= 11 is 0. The summed E-state index contributed by atoms with van der Waals surface area (Å²) in [4.78, 5) is 0.237. The fourth-order valence-electron chi connectivity index (χ4n) is 1.92. The molecule has 2 aromatic rings. The molecule has 0 aliphatic carbocycles. The smallest absolute Gasteiger partial charge is 0.263 e. The van der Waals surface area contributed by atoms with Gasteiger partial charge in [-0.2, -0.15) is 0 Å². The Labute approximate surface area is 119 Å². The number of para-hydroxylation sites is 1. The van der Waals surface area contributed by atoms with Crippen LogP contribution in [0.5, 0.6) is 0 Å². The van der Waals surface area contributed by atoms with Crippen LogP contribution in [-0.4, -0.2) is 15.5 Å². The predicted octanol–water partition coefficient (Wildman–Crippen LogP) is 3.15. The average molecular weight is 290 g/mol. The number of rotatable bonds is 4. The maximum atomic E-state index is 12.4. The van der Waals surface area contributed by atoms with Gasteiger partial charge in [0.2, 0.25) is 0 Å². The van der Waals surface area contributed by atoms with E-state index in [0.29, 0.717) is 11.4 Å². The zero-order valence-corrected chi connectivity index (χ0v) is 12.6. The number of benzene rings is 2. The summed E-state index contributed by atoms with van der Waals surface area (Å²) in [6.45, 7) is 3.94. The monoisotopic (exact) mass is 290 g/mol. The van der Waals surface area contributed by atoms with Crippen molar-refractivity contribution in [2.45, 2.75) is 18.7 Å². The van der Waals surface area contributed by atoms with E-state index in [0.717, 1.165) is 11.1 Å². The van der Waals surface area contributed by atoms with E-state index in [1.54, 1.807) is 37.4 Å². The lowest BCUT2D eigenvalue weighted by Crippen LogP contribution is -2.14. The molecule has 0 saturated heterocycles. The molecule has 5 heteroatoms. The SMILES string of the molecule is CNc1ccccc1S(=O)(=O)Nc1ccc(C)c(C)c1. The molecule has 2 N–H and O–H groups in total. The molecule has 0 bridgehead atoms. The van der Waals surface area contributed by atoms with Crippen molar-refractivity contribution in [3.05, 3.63) is 53.6 Å². The summed E-state index contributed by atoms with van der Waals surface area (Å²) in [6, 6.07) is 12.3. The third-order valence-electron chi connectivity index (χ3n) is 3.21. The van der Waals surface area contributed by atoms with Crippen LogP contribution in [0, 0.1) is 13.8 Å². The summed E-state index contributed by atoms with van der Waals surface area (Å²) in [5.74, 6) is 0. The minimum absolute atomic E-state index is 0.237. The first-order valence-corrected chi connectivity index (χ1v) is 7.79. The molecule has 2 aromatic carbocycles. The lowest BCUT2D eigenvalue weighted by Gasteiger charge is -2.12. The van der Waals surface area contributed by atoms with Gasteiger partial charge in [-0.05, 0) is 49.2 Å². The highest BCUT2D eigenvalue weighted by molar-refractivity contribution is 7.92. The first-order chi connectivity index (χ1) is 9.44. The fraction of sp³-hybridized carbons (Fsp3) is 0.200. The van der Waals surface area contributed by atoms with E-state index in [2.05, 4.69) is 10.0 Å². The van der Waals surface area contributed by atoms with Crippen molar-refractivity contribution in [2.24, 2.45) is 0 Å². The highest BCUT2D eigenvalue weighted by Gasteiger charge is 2.17. The van der Waals surface area contributed by atoms with E-state index >= 15 is 0 Å². The second-order valence-electron chi connectivity index (χ2n) is 4.65. The Bertz CT molecular complexity index is 724. The number of sulfonamides is 1. The highest BCUT2D eigenvalue weighted by atomic mass is 32.2. The van der Waals surface area contributed by atoms with Gasteiger partial charge >= 0.3 is 0 Å². The van der Waals surface area contributed by atoms with E-state index in [4.69, 9.17) is 0 Å². The lowest BCUT2D eigenvalue weighted by molar-refractivity contribution is 0.601. The van der Waals surface area contributed by atoms with Gasteiger partial charge in [0.25, 0.3) is 10.0 Å². The normalized spacial score (nSPS) is 11.2. The first kappa shape index (κ1) is 14.4. The highest BCUT2D eigenvalue weighted by Crippen LogP contribution is 2.24. The summed E-state index contributed by atoms with van der Waals surface area (Å²) in [6.07, 6.45) is 0. The third kappa shape index (κ3) is 2.93. The second kappa shape index (κ2) is 5.54. The molecule has 106 valence electrons. The Kier molecular flexibility index (Phi) is 3.99. The standard InChI is InChI=1S/C15H18N2O2S/c1-11-8-9-13(10-12(11)2)17-20(18,19)15-7-5-4-6-14(15)16-3/h4-10,16-17H,1-3H3. The number of hydrogen-bond donors (Lipinski definition) is 2. The summed E-state index contributed by atoms with van der Waals surface area (Å²) in [5, 5.41) is 2.89. The van der Waals surface area contributed by atoms with Gasteiger partial charge in [-0.25, -0.2) is 8.42 Å². The molecule has 0 spiro atoms. The van der Waals surface area contributed by atoms with Crippen LogP contribution >= 0.6 is 0 Å². The molecule has 20 heavy (non-hydrogen) atoms. The number of anilines is 2. The van der Waals surface area contributed by atoms with E-state index < -0.39 is 10.0 Å². The minimum Gasteiger partial charge on any atom is -0.387 e. The Balaban J connectivity index is 2.38. The molecule has 0 saturated carbocycles. The van der Waals surface area contributed by atoms with E-state index in [1.165, 1.54) is 0 Å². The van der Waals surface area contributed by atoms with Gasteiger partial charge in [-0.1, -0.05) is 18.2 Å². The van der Waals surface area contributed by atoms with Crippen molar-refractivity contribution in [1.82, 2.24) is 0 Å². The zero-order chi connectivity index (χ0) is 14.8. The van der Waals surface area contributed by atoms with Crippen LogP contribution in [0.25, 0.3) is 0 Å². The van der Waals surface area contributed by atoms with Gasteiger partial charge in [0.15, 0.2) is 0 Å². The summed E-state index contributed by atoms with van der Waals surface area (Å²) < 4.78 is 27.5. The molecular formula is C15H18N2O2S. The van der Waals surface area contributed by atoms with Crippen LogP contribution in [-0.2, 0) is 10.0 Å². The van der Waals surface area contributed by atoms with Crippen LogP contribution in [0.1, 0.15) is 11.1 Å².